The fourth-order valence-corrected chi connectivity index (χ4v) is 2.99. The Morgan fingerprint density at radius 1 is 1.29 bits per heavy atom. The van der Waals surface area contributed by atoms with Gasteiger partial charge in [0.05, 0.1) is 5.75 Å². The minimum absolute atomic E-state index is 0.283. The van der Waals surface area contributed by atoms with Gasteiger partial charge >= 0.3 is 6.55 Å². The maximum absolute atomic E-state index is 12.8. The third-order valence-corrected chi connectivity index (χ3v) is 3.87. The number of alkyl halides is 2. The summed E-state index contributed by atoms with van der Waals surface area (Å²) in [5.41, 5.74) is 1.55. The van der Waals surface area contributed by atoms with Crippen LogP contribution in [0.2, 0.25) is 0 Å². The van der Waals surface area contributed by atoms with Crippen LogP contribution in [-0.4, -0.2) is 29.1 Å². The van der Waals surface area contributed by atoms with E-state index in [1.54, 1.807) is 4.40 Å². The van der Waals surface area contributed by atoms with E-state index in [1.807, 2.05) is 19.9 Å². The molecule has 6 nitrogen and oxygen atoms in total. The van der Waals surface area contributed by atoms with E-state index in [1.165, 1.54) is 24.2 Å². The zero-order valence-corrected chi connectivity index (χ0v) is 12.2. The number of thioether (sulfide) groups is 1. The maximum atomic E-state index is 12.8. The van der Waals surface area contributed by atoms with Crippen LogP contribution >= 0.6 is 11.8 Å². The van der Waals surface area contributed by atoms with Crippen LogP contribution in [0.4, 0.5) is 8.78 Å². The summed E-state index contributed by atoms with van der Waals surface area (Å²) in [6.07, 6.45) is 2.62. The first-order valence-electron chi connectivity index (χ1n) is 6.18. The van der Waals surface area contributed by atoms with E-state index in [0.29, 0.717) is 16.6 Å². The lowest BCUT2D eigenvalue weighted by atomic mass is 10.4. The Morgan fingerprint density at radius 3 is 2.86 bits per heavy atom. The zero-order valence-electron chi connectivity index (χ0n) is 11.4. The Morgan fingerprint density at radius 2 is 2.10 bits per heavy atom. The first-order valence-corrected chi connectivity index (χ1v) is 7.17. The molecule has 3 aromatic heterocycles. The number of imidazole rings is 1. The number of halogens is 2. The van der Waals surface area contributed by atoms with Crippen LogP contribution in [0.15, 0.2) is 23.6 Å². The summed E-state index contributed by atoms with van der Waals surface area (Å²) >= 11 is 1.30. The van der Waals surface area contributed by atoms with E-state index in [2.05, 4.69) is 20.2 Å². The van der Waals surface area contributed by atoms with Gasteiger partial charge in [0, 0.05) is 24.2 Å². The van der Waals surface area contributed by atoms with Crippen LogP contribution < -0.4 is 0 Å². The van der Waals surface area contributed by atoms with Crippen LogP contribution in [0.25, 0.3) is 5.65 Å². The zero-order chi connectivity index (χ0) is 15.0. The van der Waals surface area contributed by atoms with Gasteiger partial charge in [-0.05, 0) is 13.8 Å². The number of aromatic nitrogens is 6. The molecule has 0 bridgehead atoms. The standard InChI is InChI=1S/C12H12F2N6S/c1-7-5-9-17-18-12(20(9)8(2)16-7)21-6-10-15-3-4-19(10)11(13)14/h3-5,11H,6H2,1-2H3. The lowest BCUT2D eigenvalue weighted by Crippen LogP contribution is -2.03. The SMILES string of the molecule is Cc1cc2nnc(SCc3nccn3C(F)F)n2c(C)n1. The van der Waals surface area contributed by atoms with Gasteiger partial charge < -0.3 is 0 Å². The van der Waals surface area contributed by atoms with Crippen LogP contribution in [0, 0.1) is 13.8 Å². The van der Waals surface area contributed by atoms with E-state index in [9.17, 15) is 8.78 Å². The monoisotopic (exact) mass is 310 g/mol. The number of rotatable bonds is 4. The van der Waals surface area contributed by atoms with Crippen molar-refractivity contribution in [2.45, 2.75) is 31.3 Å². The predicted octanol–water partition coefficient (Wildman–Crippen LogP) is 2.63. The van der Waals surface area contributed by atoms with E-state index >= 15 is 0 Å². The molecule has 0 unspecified atom stereocenters. The number of nitrogens with zero attached hydrogens (tertiary/aromatic N) is 6. The highest BCUT2D eigenvalue weighted by Gasteiger charge is 2.14. The second-order valence-electron chi connectivity index (χ2n) is 4.44. The third-order valence-electron chi connectivity index (χ3n) is 2.95. The summed E-state index contributed by atoms with van der Waals surface area (Å²) in [6.45, 7) is 1.14. The molecule has 0 atom stereocenters. The van der Waals surface area contributed by atoms with Crippen molar-refractivity contribution < 1.29 is 8.78 Å². The van der Waals surface area contributed by atoms with Gasteiger partial charge in [0.15, 0.2) is 10.8 Å². The van der Waals surface area contributed by atoms with Crippen molar-refractivity contribution in [2.75, 3.05) is 0 Å². The van der Waals surface area contributed by atoms with Gasteiger partial charge in [-0.15, -0.1) is 10.2 Å². The molecule has 0 saturated carbocycles. The molecule has 0 fully saturated rings. The first-order chi connectivity index (χ1) is 10.1. The molecule has 3 aromatic rings. The largest absolute Gasteiger partial charge is 0.319 e. The number of hydrogen-bond acceptors (Lipinski definition) is 5. The topological polar surface area (TPSA) is 60.9 Å². The molecule has 0 saturated heterocycles. The molecule has 3 rings (SSSR count). The Labute approximate surface area is 123 Å². The highest BCUT2D eigenvalue weighted by atomic mass is 32.2. The van der Waals surface area contributed by atoms with Gasteiger partial charge in [-0.1, -0.05) is 11.8 Å². The lowest BCUT2D eigenvalue weighted by molar-refractivity contribution is 0.0678. The van der Waals surface area contributed by atoms with Crippen molar-refractivity contribution in [1.29, 1.82) is 0 Å². The fraction of sp³-hybridized carbons (Fsp3) is 0.333. The van der Waals surface area contributed by atoms with Crippen molar-refractivity contribution in [3.05, 3.63) is 35.8 Å². The molecular formula is C12H12F2N6S. The van der Waals surface area contributed by atoms with Gasteiger partial charge in [-0.25, -0.2) is 9.97 Å². The molecule has 0 radical (unpaired) electrons. The van der Waals surface area contributed by atoms with Gasteiger partial charge in [-0.3, -0.25) is 8.97 Å². The van der Waals surface area contributed by atoms with E-state index < -0.39 is 6.55 Å². The Balaban J connectivity index is 1.87. The number of hydrogen-bond donors (Lipinski definition) is 0. The van der Waals surface area contributed by atoms with Gasteiger partial charge in [0.1, 0.15) is 11.6 Å². The molecule has 0 aliphatic rings. The quantitative estimate of drug-likeness (QED) is 0.693. The van der Waals surface area contributed by atoms with Crippen LogP contribution in [-0.2, 0) is 5.75 Å². The molecule has 0 amide bonds. The Bertz CT molecular complexity index is 781. The highest BCUT2D eigenvalue weighted by molar-refractivity contribution is 7.98. The van der Waals surface area contributed by atoms with E-state index in [4.69, 9.17) is 0 Å². The summed E-state index contributed by atoms with van der Waals surface area (Å²) in [6, 6.07) is 1.82. The van der Waals surface area contributed by atoms with Crippen LogP contribution in [0.1, 0.15) is 23.9 Å². The molecule has 0 spiro atoms. The minimum Gasteiger partial charge on any atom is -0.277 e. The minimum atomic E-state index is -2.59. The van der Waals surface area contributed by atoms with E-state index in [-0.39, 0.29) is 5.75 Å². The summed E-state index contributed by atoms with van der Waals surface area (Å²) in [5, 5.41) is 8.77. The van der Waals surface area contributed by atoms with Crippen molar-refractivity contribution in [3.8, 4) is 0 Å². The van der Waals surface area contributed by atoms with Gasteiger partial charge in [-0.2, -0.15) is 8.78 Å². The Hall–Kier alpha value is -2.03. The van der Waals surface area contributed by atoms with Gasteiger partial charge in [0.25, 0.3) is 0 Å². The molecule has 0 aromatic carbocycles. The summed E-state index contributed by atoms with van der Waals surface area (Å²) in [7, 11) is 0. The molecule has 0 N–H and O–H groups in total. The normalized spacial score (nSPS) is 11.7. The molecule has 0 aliphatic heterocycles. The van der Waals surface area contributed by atoms with Gasteiger partial charge in [0.2, 0.25) is 0 Å². The summed E-state index contributed by atoms with van der Waals surface area (Å²) in [4.78, 5) is 8.30. The van der Waals surface area contributed by atoms with E-state index in [0.717, 1.165) is 16.1 Å². The van der Waals surface area contributed by atoms with Crippen molar-refractivity contribution in [3.63, 3.8) is 0 Å². The lowest BCUT2D eigenvalue weighted by Gasteiger charge is -2.06. The second-order valence-corrected chi connectivity index (χ2v) is 5.38. The molecule has 0 aliphatic carbocycles. The summed E-state index contributed by atoms with van der Waals surface area (Å²) < 4.78 is 28.2. The van der Waals surface area contributed by atoms with Crippen molar-refractivity contribution in [1.82, 2.24) is 29.1 Å². The smallest absolute Gasteiger partial charge is 0.277 e. The fourth-order valence-electron chi connectivity index (χ4n) is 2.06. The van der Waals surface area contributed by atoms with Crippen LogP contribution in [0.3, 0.4) is 0 Å². The molecule has 110 valence electrons. The second kappa shape index (κ2) is 5.40. The van der Waals surface area contributed by atoms with Crippen molar-refractivity contribution in [2.24, 2.45) is 0 Å². The molecular weight excluding hydrogens is 298 g/mol. The van der Waals surface area contributed by atoms with Crippen molar-refractivity contribution >= 4 is 17.4 Å². The summed E-state index contributed by atoms with van der Waals surface area (Å²) in [5.74, 6) is 1.34. The average Bonchev–Trinajstić information content (AvgIpc) is 3.02. The molecule has 21 heavy (non-hydrogen) atoms. The Kier molecular flexibility index (Phi) is 3.58. The first kappa shape index (κ1) is 13.9. The number of aryl methyl sites for hydroxylation is 2. The maximum Gasteiger partial charge on any atom is 0.319 e. The highest BCUT2D eigenvalue weighted by Crippen LogP contribution is 2.24. The number of fused-ring (bicyclic) bond motifs is 1. The molecule has 9 heteroatoms. The third kappa shape index (κ3) is 2.60. The molecule has 3 heterocycles. The predicted molar refractivity (Wildman–Crippen MR) is 73.3 cm³/mol. The van der Waals surface area contributed by atoms with Crippen LogP contribution in [0.5, 0.6) is 0 Å². The average molecular weight is 310 g/mol.